The molecule has 1 aliphatic heterocycles. The first kappa shape index (κ1) is 13.2. The lowest BCUT2D eigenvalue weighted by Gasteiger charge is -2.12. The average molecular weight is 268 g/mol. The van der Waals surface area contributed by atoms with Crippen molar-refractivity contribution in [1.82, 2.24) is 0 Å². The third-order valence-corrected chi connectivity index (χ3v) is 4.51. The number of hydrogen-bond acceptors (Lipinski definition) is 5. The third kappa shape index (κ3) is 2.97. The van der Waals surface area contributed by atoms with Gasteiger partial charge in [-0.15, -0.1) is 11.8 Å². The molecule has 18 heavy (non-hydrogen) atoms. The average Bonchev–Trinajstić information content (AvgIpc) is 2.75. The molecule has 1 saturated heterocycles. The molecular formula is C13H16O4S. The highest BCUT2D eigenvalue weighted by Crippen LogP contribution is 2.28. The van der Waals surface area contributed by atoms with Gasteiger partial charge >= 0.3 is 0 Å². The zero-order chi connectivity index (χ0) is 13.1. The van der Waals surface area contributed by atoms with Crippen LogP contribution in [0.5, 0.6) is 11.5 Å². The largest absolute Gasteiger partial charge is 0.504 e. The fourth-order valence-corrected chi connectivity index (χ4v) is 3.04. The molecule has 0 amide bonds. The number of ether oxygens (including phenoxy) is 1. The van der Waals surface area contributed by atoms with Gasteiger partial charge in [-0.25, -0.2) is 0 Å². The third-order valence-electron chi connectivity index (χ3n) is 3.03. The minimum absolute atomic E-state index is 0.0469. The van der Waals surface area contributed by atoms with Crippen molar-refractivity contribution in [2.45, 2.75) is 24.7 Å². The summed E-state index contributed by atoms with van der Waals surface area (Å²) < 4.78 is 5.43. The Balaban J connectivity index is 1.93. The van der Waals surface area contributed by atoms with Crippen LogP contribution in [0.1, 0.15) is 23.7 Å². The van der Waals surface area contributed by atoms with Crippen LogP contribution in [0.15, 0.2) is 18.2 Å². The first-order chi connectivity index (χ1) is 8.58. The fourth-order valence-electron chi connectivity index (χ4n) is 1.89. The molecule has 1 fully saturated rings. The maximum Gasteiger partial charge on any atom is 0.172 e. The SMILES string of the molecule is CC1OCCC1SCC(=O)c1ccc(O)c(O)c1. The number of thioether (sulfide) groups is 1. The molecule has 0 aliphatic carbocycles. The van der Waals surface area contributed by atoms with Crippen LogP contribution in [0.25, 0.3) is 0 Å². The van der Waals surface area contributed by atoms with E-state index in [0.29, 0.717) is 16.6 Å². The number of phenols is 2. The van der Waals surface area contributed by atoms with Crippen molar-refractivity contribution in [3.63, 3.8) is 0 Å². The summed E-state index contributed by atoms with van der Waals surface area (Å²) in [4.78, 5) is 11.9. The van der Waals surface area contributed by atoms with E-state index >= 15 is 0 Å². The minimum Gasteiger partial charge on any atom is -0.504 e. The number of aromatic hydroxyl groups is 2. The number of phenolic OH excluding ortho intramolecular Hbond substituents is 2. The Morgan fingerprint density at radius 2 is 2.22 bits per heavy atom. The van der Waals surface area contributed by atoms with Gasteiger partial charge in [0.2, 0.25) is 0 Å². The molecule has 2 N–H and O–H groups in total. The molecule has 0 saturated carbocycles. The second kappa shape index (κ2) is 5.63. The molecule has 0 bridgehead atoms. The summed E-state index contributed by atoms with van der Waals surface area (Å²) in [5, 5.41) is 18.9. The summed E-state index contributed by atoms with van der Waals surface area (Å²) in [6, 6.07) is 4.15. The molecule has 0 spiro atoms. The van der Waals surface area contributed by atoms with Crippen LogP contribution < -0.4 is 0 Å². The molecular weight excluding hydrogens is 252 g/mol. The van der Waals surface area contributed by atoms with Crippen LogP contribution in [-0.2, 0) is 4.74 Å². The number of carbonyl (C=O) groups is 1. The van der Waals surface area contributed by atoms with Gasteiger partial charge in [-0.05, 0) is 31.5 Å². The molecule has 2 atom stereocenters. The van der Waals surface area contributed by atoms with Gasteiger partial charge in [-0.1, -0.05) is 0 Å². The van der Waals surface area contributed by atoms with Crippen LogP contribution in [0, 0.1) is 0 Å². The van der Waals surface area contributed by atoms with Gasteiger partial charge in [-0.2, -0.15) is 0 Å². The quantitative estimate of drug-likeness (QED) is 0.647. The van der Waals surface area contributed by atoms with Crippen molar-refractivity contribution in [2.24, 2.45) is 0 Å². The molecule has 1 heterocycles. The predicted molar refractivity (Wildman–Crippen MR) is 70.4 cm³/mol. The second-order valence-corrected chi connectivity index (χ2v) is 5.57. The van der Waals surface area contributed by atoms with E-state index in [1.807, 2.05) is 6.92 Å². The maximum atomic E-state index is 11.9. The number of benzene rings is 1. The standard InChI is InChI=1S/C13H16O4S/c1-8-13(4-5-17-8)18-7-12(16)9-2-3-10(14)11(15)6-9/h2-3,6,8,13-15H,4-5,7H2,1H3. The summed E-state index contributed by atoms with van der Waals surface area (Å²) in [5.74, 6) is -0.155. The molecule has 4 nitrogen and oxygen atoms in total. The van der Waals surface area contributed by atoms with Gasteiger partial charge in [0.25, 0.3) is 0 Å². The number of ketones is 1. The van der Waals surface area contributed by atoms with E-state index in [-0.39, 0.29) is 23.4 Å². The maximum absolute atomic E-state index is 11.9. The number of rotatable bonds is 4. The van der Waals surface area contributed by atoms with Crippen LogP contribution >= 0.6 is 11.8 Å². The summed E-state index contributed by atoms with van der Waals surface area (Å²) in [7, 11) is 0. The molecule has 5 heteroatoms. The number of hydrogen-bond donors (Lipinski definition) is 2. The van der Waals surface area contributed by atoms with Gasteiger partial charge in [-0.3, -0.25) is 4.79 Å². The lowest BCUT2D eigenvalue weighted by Crippen LogP contribution is -2.16. The number of Topliss-reactive ketones (excluding diaryl/α,β-unsaturated/α-hetero) is 1. The van der Waals surface area contributed by atoms with Crippen LogP contribution in [-0.4, -0.2) is 39.7 Å². The molecule has 1 aliphatic rings. The first-order valence-corrected chi connectivity index (χ1v) is 6.91. The normalized spacial score (nSPS) is 23.2. The van der Waals surface area contributed by atoms with Crippen molar-refractivity contribution >= 4 is 17.5 Å². The lowest BCUT2D eigenvalue weighted by molar-refractivity contribution is 0.102. The van der Waals surface area contributed by atoms with E-state index in [0.717, 1.165) is 13.0 Å². The van der Waals surface area contributed by atoms with E-state index in [1.165, 1.54) is 18.2 Å². The zero-order valence-corrected chi connectivity index (χ0v) is 10.9. The van der Waals surface area contributed by atoms with Crippen molar-refractivity contribution in [3.8, 4) is 11.5 Å². The van der Waals surface area contributed by atoms with E-state index in [9.17, 15) is 15.0 Å². The summed E-state index contributed by atoms with van der Waals surface area (Å²) in [6.07, 6.45) is 1.16. The smallest absolute Gasteiger partial charge is 0.172 e. The van der Waals surface area contributed by atoms with Crippen molar-refractivity contribution in [2.75, 3.05) is 12.4 Å². The van der Waals surface area contributed by atoms with E-state index < -0.39 is 0 Å². The van der Waals surface area contributed by atoms with E-state index in [4.69, 9.17) is 4.74 Å². The van der Waals surface area contributed by atoms with Crippen LogP contribution in [0.4, 0.5) is 0 Å². The van der Waals surface area contributed by atoms with Gasteiger partial charge in [0.15, 0.2) is 17.3 Å². The Bertz CT molecular complexity index is 447. The molecule has 2 rings (SSSR count). The monoisotopic (exact) mass is 268 g/mol. The first-order valence-electron chi connectivity index (χ1n) is 5.86. The molecule has 0 radical (unpaired) electrons. The Morgan fingerprint density at radius 1 is 1.44 bits per heavy atom. The highest BCUT2D eigenvalue weighted by atomic mass is 32.2. The van der Waals surface area contributed by atoms with Crippen molar-refractivity contribution in [1.29, 1.82) is 0 Å². The highest BCUT2D eigenvalue weighted by molar-refractivity contribution is 8.00. The fraction of sp³-hybridized carbons (Fsp3) is 0.462. The summed E-state index contributed by atoms with van der Waals surface area (Å²) >= 11 is 1.59. The summed E-state index contributed by atoms with van der Waals surface area (Å²) in [6.45, 7) is 2.77. The van der Waals surface area contributed by atoms with Gasteiger partial charge < -0.3 is 14.9 Å². The van der Waals surface area contributed by atoms with Crippen molar-refractivity contribution in [3.05, 3.63) is 23.8 Å². The Kier molecular flexibility index (Phi) is 4.14. The van der Waals surface area contributed by atoms with Crippen molar-refractivity contribution < 1.29 is 19.7 Å². The minimum atomic E-state index is -0.261. The highest BCUT2D eigenvalue weighted by Gasteiger charge is 2.25. The van der Waals surface area contributed by atoms with Gasteiger partial charge in [0, 0.05) is 17.4 Å². The molecule has 98 valence electrons. The van der Waals surface area contributed by atoms with Gasteiger partial charge in [0.1, 0.15) is 0 Å². The molecule has 0 aromatic heterocycles. The zero-order valence-electron chi connectivity index (χ0n) is 10.1. The van der Waals surface area contributed by atoms with E-state index in [2.05, 4.69) is 0 Å². The molecule has 2 unspecified atom stereocenters. The Morgan fingerprint density at radius 3 is 2.83 bits per heavy atom. The second-order valence-electron chi connectivity index (χ2n) is 4.34. The number of carbonyl (C=O) groups excluding carboxylic acids is 1. The Hall–Kier alpha value is -1.20. The predicted octanol–water partition coefficient (Wildman–Crippen LogP) is 2.19. The molecule has 1 aromatic carbocycles. The summed E-state index contributed by atoms with van der Waals surface area (Å²) in [5.41, 5.74) is 0.421. The molecule has 1 aromatic rings. The Labute approximate surface area is 110 Å². The van der Waals surface area contributed by atoms with E-state index in [1.54, 1.807) is 11.8 Å². The lowest BCUT2D eigenvalue weighted by atomic mass is 10.1. The van der Waals surface area contributed by atoms with Crippen LogP contribution in [0.2, 0.25) is 0 Å². The van der Waals surface area contributed by atoms with Crippen LogP contribution in [0.3, 0.4) is 0 Å². The van der Waals surface area contributed by atoms with Gasteiger partial charge in [0.05, 0.1) is 11.9 Å². The topological polar surface area (TPSA) is 66.8 Å².